The number of anilines is 1. The predicted molar refractivity (Wildman–Crippen MR) is 85.3 cm³/mol. The molecule has 1 aromatic carbocycles. The molecule has 0 saturated heterocycles. The molecule has 0 spiro atoms. The highest BCUT2D eigenvalue weighted by atomic mass is 16.5. The molecule has 0 aromatic heterocycles. The Hall–Kier alpha value is -1.39. The Balaban J connectivity index is 1.88. The number of hydrogen-bond acceptors (Lipinski definition) is 3. The Labute approximate surface area is 127 Å². The lowest BCUT2D eigenvalue weighted by Gasteiger charge is -2.20. The van der Waals surface area contributed by atoms with Crippen LogP contribution in [-0.2, 0) is 9.53 Å². The maximum Gasteiger partial charge on any atom is 0.221 e. The van der Waals surface area contributed by atoms with Gasteiger partial charge in [0.15, 0.2) is 0 Å². The number of carbonyl (C=O) groups is 1. The van der Waals surface area contributed by atoms with Crippen LogP contribution in [0.25, 0.3) is 0 Å². The van der Waals surface area contributed by atoms with Crippen molar-refractivity contribution in [2.45, 2.75) is 39.2 Å². The highest BCUT2D eigenvalue weighted by Crippen LogP contribution is 2.48. The fourth-order valence-corrected chi connectivity index (χ4v) is 2.59. The molecule has 0 bridgehead atoms. The second kappa shape index (κ2) is 7.05. The van der Waals surface area contributed by atoms with Crippen molar-refractivity contribution in [1.82, 2.24) is 5.32 Å². The summed E-state index contributed by atoms with van der Waals surface area (Å²) in [5.74, 6) is -0.0377. The highest BCUT2D eigenvalue weighted by Gasteiger charge is 2.41. The van der Waals surface area contributed by atoms with Crippen LogP contribution >= 0.6 is 0 Å². The number of amides is 1. The van der Waals surface area contributed by atoms with E-state index in [1.54, 1.807) is 7.11 Å². The molecule has 116 valence electrons. The zero-order valence-corrected chi connectivity index (χ0v) is 13.2. The van der Waals surface area contributed by atoms with Gasteiger partial charge in [0, 0.05) is 38.9 Å². The van der Waals surface area contributed by atoms with Gasteiger partial charge in [0.25, 0.3) is 0 Å². The number of carbonyl (C=O) groups excluding carboxylic acids is 1. The van der Waals surface area contributed by atoms with Crippen LogP contribution in [0.5, 0.6) is 0 Å². The van der Waals surface area contributed by atoms with Gasteiger partial charge < -0.3 is 15.4 Å². The van der Waals surface area contributed by atoms with Gasteiger partial charge in [-0.1, -0.05) is 12.1 Å². The van der Waals surface area contributed by atoms with E-state index in [4.69, 9.17) is 4.74 Å². The summed E-state index contributed by atoms with van der Waals surface area (Å²) in [6, 6.07) is 8.31. The molecule has 2 rings (SSSR count). The zero-order chi connectivity index (χ0) is 15.3. The third kappa shape index (κ3) is 4.83. The van der Waals surface area contributed by atoms with Gasteiger partial charge in [0.2, 0.25) is 5.91 Å². The lowest BCUT2D eigenvalue weighted by molar-refractivity contribution is -0.114. The van der Waals surface area contributed by atoms with Gasteiger partial charge in [-0.3, -0.25) is 4.79 Å². The van der Waals surface area contributed by atoms with Gasteiger partial charge in [0.05, 0.1) is 0 Å². The van der Waals surface area contributed by atoms with E-state index in [0.717, 1.165) is 25.3 Å². The van der Waals surface area contributed by atoms with E-state index < -0.39 is 0 Å². The van der Waals surface area contributed by atoms with Crippen molar-refractivity contribution in [3.05, 3.63) is 29.8 Å². The van der Waals surface area contributed by atoms with Crippen LogP contribution in [0.1, 0.15) is 44.7 Å². The molecule has 1 aliphatic rings. The molecule has 4 nitrogen and oxygen atoms in total. The van der Waals surface area contributed by atoms with E-state index in [2.05, 4.69) is 23.6 Å². The maximum absolute atomic E-state index is 11.1. The number of ether oxygens (including phenoxy) is 1. The minimum absolute atomic E-state index is 0.0377. The maximum atomic E-state index is 11.1. The zero-order valence-electron chi connectivity index (χ0n) is 13.2. The van der Waals surface area contributed by atoms with Crippen molar-refractivity contribution in [2.24, 2.45) is 5.41 Å². The molecule has 0 radical (unpaired) electrons. The second-order valence-corrected chi connectivity index (χ2v) is 6.15. The van der Waals surface area contributed by atoms with Crippen molar-refractivity contribution in [1.29, 1.82) is 0 Å². The van der Waals surface area contributed by atoms with E-state index in [1.807, 2.05) is 18.2 Å². The SMILES string of the molecule is COCCC1(CNC(C)c2cccc(NC(C)=O)c2)CC1. The van der Waals surface area contributed by atoms with Crippen molar-refractivity contribution in [2.75, 3.05) is 25.6 Å². The summed E-state index contributed by atoms with van der Waals surface area (Å²) in [6.45, 7) is 5.57. The van der Waals surface area contributed by atoms with E-state index in [9.17, 15) is 4.79 Å². The van der Waals surface area contributed by atoms with Gasteiger partial charge in [0.1, 0.15) is 0 Å². The van der Waals surface area contributed by atoms with Gasteiger partial charge in [-0.15, -0.1) is 0 Å². The van der Waals surface area contributed by atoms with Gasteiger partial charge in [-0.05, 0) is 49.3 Å². The van der Waals surface area contributed by atoms with Crippen LogP contribution in [0, 0.1) is 5.41 Å². The topological polar surface area (TPSA) is 50.4 Å². The standard InChI is InChI=1S/C17H26N2O2/c1-13(18-12-17(7-8-17)9-10-21-3)15-5-4-6-16(11-15)19-14(2)20/h4-6,11,13,18H,7-10,12H2,1-3H3,(H,19,20). The first-order chi connectivity index (χ1) is 10.0. The monoisotopic (exact) mass is 290 g/mol. The Morgan fingerprint density at radius 1 is 1.43 bits per heavy atom. The number of rotatable bonds is 8. The summed E-state index contributed by atoms with van der Waals surface area (Å²) < 4.78 is 5.19. The van der Waals surface area contributed by atoms with E-state index in [-0.39, 0.29) is 11.9 Å². The fourth-order valence-electron chi connectivity index (χ4n) is 2.59. The quantitative estimate of drug-likeness (QED) is 0.773. The number of hydrogen-bond donors (Lipinski definition) is 2. The summed E-state index contributed by atoms with van der Waals surface area (Å²) >= 11 is 0. The molecule has 2 N–H and O–H groups in total. The normalized spacial score (nSPS) is 17.3. The smallest absolute Gasteiger partial charge is 0.221 e. The van der Waals surface area contributed by atoms with Gasteiger partial charge >= 0.3 is 0 Å². The van der Waals surface area contributed by atoms with Crippen molar-refractivity contribution < 1.29 is 9.53 Å². The molecule has 0 aliphatic heterocycles. The average Bonchev–Trinajstić information content (AvgIpc) is 3.23. The van der Waals surface area contributed by atoms with Crippen LogP contribution < -0.4 is 10.6 Å². The molecule has 0 heterocycles. The summed E-state index contributed by atoms with van der Waals surface area (Å²) in [6.07, 6.45) is 3.72. The molecule has 1 atom stereocenters. The van der Waals surface area contributed by atoms with Gasteiger partial charge in [-0.25, -0.2) is 0 Å². The molecule has 1 aromatic rings. The van der Waals surface area contributed by atoms with E-state index in [1.165, 1.54) is 25.3 Å². The number of methoxy groups -OCH3 is 1. The highest BCUT2D eigenvalue weighted by molar-refractivity contribution is 5.88. The lowest BCUT2D eigenvalue weighted by atomic mass is 10.0. The third-order valence-electron chi connectivity index (χ3n) is 4.28. The van der Waals surface area contributed by atoms with Crippen molar-refractivity contribution in [3.63, 3.8) is 0 Å². The van der Waals surface area contributed by atoms with Crippen molar-refractivity contribution in [3.8, 4) is 0 Å². The molecule has 1 amide bonds. The van der Waals surface area contributed by atoms with E-state index >= 15 is 0 Å². The first kappa shape index (κ1) is 16.0. The third-order valence-corrected chi connectivity index (χ3v) is 4.28. The molecule has 1 aliphatic carbocycles. The molecule has 1 saturated carbocycles. The number of benzene rings is 1. The molecular weight excluding hydrogens is 264 g/mol. The molecular formula is C17H26N2O2. The molecule has 1 unspecified atom stereocenters. The minimum Gasteiger partial charge on any atom is -0.385 e. The first-order valence-corrected chi connectivity index (χ1v) is 7.64. The first-order valence-electron chi connectivity index (χ1n) is 7.64. The van der Waals surface area contributed by atoms with Crippen molar-refractivity contribution >= 4 is 11.6 Å². The van der Waals surface area contributed by atoms with Crippen LogP contribution in [-0.4, -0.2) is 26.2 Å². The average molecular weight is 290 g/mol. The molecule has 4 heteroatoms. The number of nitrogens with one attached hydrogen (secondary N) is 2. The van der Waals surface area contributed by atoms with Crippen LogP contribution in [0.2, 0.25) is 0 Å². The Morgan fingerprint density at radius 3 is 2.81 bits per heavy atom. The summed E-state index contributed by atoms with van der Waals surface area (Å²) in [4.78, 5) is 11.1. The Kier molecular flexibility index (Phi) is 5.37. The summed E-state index contributed by atoms with van der Waals surface area (Å²) in [5.41, 5.74) is 2.50. The molecule has 21 heavy (non-hydrogen) atoms. The minimum atomic E-state index is -0.0377. The predicted octanol–water partition coefficient (Wildman–Crippen LogP) is 3.11. The van der Waals surface area contributed by atoms with E-state index in [0.29, 0.717) is 5.41 Å². The largest absolute Gasteiger partial charge is 0.385 e. The van der Waals surface area contributed by atoms with Gasteiger partial charge in [-0.2, -0.15) is 0 Å². The summed E-state index contributed by atoms with van der Waals surface area (Å²) in [7, 11) is 1.76. The fraction of sp³-hybridized carbons (Fsp3) is 0.588. The van der Waals surface area contributed by atoms with Crippen LogP contribution in [0.4, 0.5) is 5.69 Å². The Morgan fingerprint density at radius 2 is 2.19 bits per heavy atom. The second-order valence-electron chi connectivity index (χ2n) is 6.15. The molecule has 1 fully saturated rings. The Bertz CT molecular complexity index is 483. The van der Waals surface area contributed by atoms with Crippen LogP contribution in [0.15, 0.2) is 24.3 Å². The lowest BCUT2D eigenvalue weighted by Crippen LogP contribution is -2.27. The summed E-state index contributed by atoms with van der Waals surface area (Å²) in [5, 5.41) is 6.45. The van der Waals surface area contributed by atoms with Crippen LogP contribution in [0.3, 0.4) is 0 Å².